The zero-order valence-electron chi connectivity index (χ0n) is 15.7. The normalized spacial score (nSPS) is 10.6. The molecule has 150 valence electrons. The number of carbonyl (C=O) groups is 1. The van der Waals surface area contributed by atoms with Crippen molar-refractivity contribution in [3.05, 3.63) is 89.0 Å². The second-order valence-corrected chi connectivity index (χ2v) is 6.72. The van der Waals surface area contributed by atoms with E-state index in [4.69, 9.17) is 16.3 Å². The first-order chi connectivity index (χ1) is 14.5. The van der Waals surface area contributed by atoms with Gasteiger partial charge in [-0.2, -0.15) is 5.10 Å². The van der Waals surface area contributed by atoms with Crippen LogP contribution in [0.3, 0.4) is 0 Å². The van der Waals surface area contributed by atoms with E-state index in [9.17, 15) is 9.18 Å². The third-order valence-electron chi connectivity index (χ3n) is 4.11. The number of nitrogens with zero attached hydrogens (tertiary/aromatic N) is 4. The van der Waals surface area contributed by atoms with E-state index < -0.39 is 11.7 Å². The lowest BCUT2D eigenvalue weighted by Gasteiger charge is -2.09. The monoisotopic (exact) mass is 423 g/mol. The highest BCUT2D eigenvalue weighted by Gasteiger charge is 2.15. The molecule has 7 nitrogen and oxygen atoms in total. The largest absolute Gasteiger partial charge is 0.438 e. The van der Waals surface area contributed by atoms with E-state index in [1.807, 2.05) is 13.0 Å². The van der Waals surface area contributed by atoms with Gasteiger partial charge in [-0.15, -0.1) is 10.2 Å². The summed E-state index contributed by atoms with van der Waals surface area (Å²) < 4.78 is 21.1. The summed E-state index contributed by atoms with van der Waals surface area (Å²) in [5.41, 5.74) is 1.13. The van der Waals surface area contributed by atoms with E-state index in [2.05, 4.69) is 20.6 Å². The van der Waals surface area contributed by atoms with E-state index in [0.717, 1.165) is 5.69 Å². The lowest BCUT2D eigenvalue weighted by molar-refractivity contribution is 0.102. The molecule has 4 rings (SSSR count). The second-order valence-electron chi connectivity index (χ2n) is 6.31. The molecular formula is C21H15ClFN5O2. The predicted molar refractivity (Wildman–Crippen MR) is 110 cm³/mol. The van der Waals surface area contributed by atoms with Crippen molar-refractivity contribution in [2.75, 3.05) is 5.32 Å². The number of anilines is 1. The fourth-order valence-electron chi connectivity index (χ4n) is 2.67. The number of ether oxygens (including phenoxy) is 1. The average molecular weight is 424 g/mol. The fourth-order valence-corrected chi connectivity index (χ4v) is 2.92. The highest BCUT2D eigenvalue weighted by atomic mass is 35.5. The molecule has 0 atom stereocenters. The molecule has 0 spiro atoms. The Bertz CT molecular complexity index is 1170. The van der Waals surface area contributed by atoms with Crippen LogP contribution in [0.25, 0.3) is 5.82 Å². The Morgan fingerprint density at radius 3 is 2.50 bits per heavy atom. The van der Waals surface area contributed by atoms with Gasteiger partial charge in [0.15, 0.2) is 5.82 Å². The Balaban J connectivity index is 1.42. The van der Waals surface area contributed by atoms with Crippen LogP contribution in [0.4, 0.5) is 10.1 Å². The van der Waals surface area contributed by atoms with Crippen LogP contribution >= 0.6 is 11.6 Å². The molecule has 2 heterocycles. The molecule has 0 bridgehead atoms. The summed E-state index contributed by atoms with van der Waals surface area (Å²) in [6, 6.07) is 15.9. The lowest BCUT2D eigenvalue weighted by Crippen LogP contribution is -2.14. The SMILES string of the molecule is Cc1ccn(-c2ccc(Oc3ccc(NC(=O)c4c(F)cccc4Cl)cc3)nn2)n1. The molecule has 4 aromatic rings. The number of aromatic nitrogens is 4. The van der Waals surface area contributed by atoms with Gasteiger partial charge in [0.1, 0.15) is 11.6 Å². The fraction of sp³-hybridized carbons (Fsp3) is 0.0476. The summed E-state index contributed by atoms with van der Waals surface area (Å²) in [4.78, 5) is 12.3. The number of aryl methyl sites for hydroxylation is 1. The molecule has 2 aromatic heterocycles. The molecule has 1 N–H and O–H groups in total. The molecule has 9 heteroatoms. The van der Waals surface area contributed by atoms with E-state index >= 15 is 0 Å². The number of amides is 1. The Kier molecular flexibility index (Phi) is 5.40. The highest BCUT2D eigenvalue weighted by molar-refractivity contribution is 6.34. The quantitative estimate of drug-likeness (QED) is 0.498. The molecule has 0 aliphatic rings. The standard InChI is InChI=1S/C21H15ClFN5O2/c1-13-11-12-28(27-13)18-9-10-19(26-25-18)30-15-7-5-14(6-8-15)24-21(29)20-16(22)3-2-4-17(20)23/h2-12H,1H3,(H,24,29). The van der Waals surface area contributed by atoms with Crippen molar-refractivity contribution in [2.45, 2.75) is 6.92 Å². The van der Waals surface area contributed by atoms with Gasteiger partial charge in [-0.25, -0.2) is 9.07 Å². The van der Waals surface area contributed by atoms with Gasteiger partial charge in [0.25, 0.3) is 5.91 Å². The molecule has 0 radical (unpaired) electrons. The van der Waals surface area contributed by atoms with Crippen LogP contribution in [0.1, 0.15) is 16.1 Å². The van der Waals surface area contributed by atoms with Crippen molar-refractivity contribution in [1.29, 1.82) is 0 Å². The Morgan fingerprint density at radius 1 is 1.07 bits per heavy atom. The van der Waals surface area contributed by atoms with Crippen LogP contribution in [0.15, 0.2) is 66.9 Å². The first-order valence-corrected chi connectivity index (χ1v) is 9.27. The van der Waals surface area contributed by atoms with Crippen molar-refractivity contribution in [2.24, 2.45) is 0 Å². The van der Waals surface area contributed by atoms with Crippen LogP contribution in [0, 0.1) is 12.7 Å². The van der Waals surface area contributed by atoms with Crippen molar-refractivity contribution < 1.29 is 13.9 Å². The summed E-state index contributed by atoms with van der Waals surface area (Å²) in [6.07, 6.45) is 1.79. The van der Waals surface area contributed by atoms with Crippen molar-refractivity contribution in [1.82, 2.24) is 20.0 Å². The number of benzene rings is 2. The van der Waals surface area contributed by atoms with Crippen LogP contribution in [0.5, 0.6) is 11.6 Å². The molecule has 1 amide bonds. The molecule has 0 aliphatic carbocycles. The molecule has 0 unspecified atom stereocenters. The molecule has 30 heavy (non-hydrogen) atoms. The second kappa shape index (κ2) is 8.30. The predicted octanol–water partition coefficient (Wildman–Crippen LogP) is 4.81. The number of rotatable bonds is 5. The highest BCUT2D eigenvalue weighted by Crippen LogP contribution is 2.24. The zero-order chi connectivity index (χ0) is 21.1. The molecule has 0 saturated carbocycles. The number of hydrogen-bond donors (Lipinski definition) is 1. The Labute approximate surface area is 176 Å². The minimum Gasteiger partial charge on any atom is -0.438 e. The summed E-state index contributed by atoms with van der Waals surface area (Å²) in [5.74, 6) is 0.0427. The maximum Gasteiger partial charge on any atom is 0.260 e. The molecule has 0 aliphatic heterocycles. The van der Waals surface area contributed by atoms with Gasteiger partial charge >= 0.3 is 0 Å². The van der Waals surface area contributed by atoms with Gasteiger partial charge in [0.05, 0.1) is 16.3 Å². The average Bonchev–Trinajstić information content (AvgIpc) is 3.16. The van der Waals surface area contributed by atoms with Crippen molar-refractivity contribution in [3.8, 4) is 17.4 Å². The topological polar surface area (TPSA) is 81.9 Å². The molecular weight excluding hydrogens is 409 g/mol. The maximum atomic E-state index is 13.9. The van der Waals surface area contributed by atoms with Gasteiger partial charge in [0, 0.05) is 18.0 Å². The first-order valence-electron chi connectivity index (χ1n) is 8.89. The third-order valence-corrected chi connectivity index (χ3v) is 4.42. The zero-order valence-corrected chi connectivity index (χ0v) is 16.5. The minimum atomic E-state index is -0.688. The number of hydrogen-bond acceptors (Lipinski definition) is 5. The van der Waals surface area contributed by atoms with E-state index in [1.54, 1.807) is 47.3 Å². The number of carbonyl (C=O) groups excluding carboxylic acids is 1. The molecule has 0 fully saturated rings. The van der Waals surface area contributed by atoms with Crippen LogP contribution < -0.4 is 10.1 Å². The summed E-state index contributed by atoms with van der Waals surface area (Å²) in [5, 5.41) is 15.0. The molecule has 2 aromatic carbocycles. The number of nitrogens with one attached hydrogen (secondary N) is 1. The van der Waals surface area contributed by atoms with Crippen LogP contribution in [-0.4, -0.2) is 25.9 Å². The van der Waals surface area contributed by atoms with Gasteiger partial charge < -0.3 is 10.1 Å². The van der Waals surface area contributed by atoms with Gasteiger partial charge in [-0.05, 0) is 55.5 Å². The Hall–Kier alpha value is -3.78. The van der Waals surface area contributed by atoms with Crippen LogP contribution in [0.2, 0.25) is 5.02 Å². The van der Waals surface area contributed by atoms with E-state index in [-0.39, 0.29) is 10.6 Å². The van der Waals surface area contributed by atoms with Gasteiger partial charge in [0.2, 0.25) is 5.88 Å². The molecule has 0 saturated heterocycles. The first kappa shape index (κ1) is 19.5. The van der Waals surface area contributed by atoms with E-state index in [1.165, 1.54) is 18.2 Å². The Morgan fingerprint density at radius 2 is 1.87 bits per heavy atom. The van der Waals surface area contributed by atoms with Crippen LogP contribution in [-0.2, 0) is 0 Å². The van der Waals surface area contributed by atoms with E-state index in [0.29, 0.717) is 23.1 Å². The third kappa shape index (κ3) is 4.28. The van der Waals surface area contributed by atoms with Gasteiger partial charge in [-0.3, -0.25) is 4.79 Å². The summed E-state index contributed by atoms with van der Waals surface area (Å²) >= 11 is 5.92. The van der Waals surface area contributed by atoms with Gasteiger partial charge in [-0.1, -0.05) is 17.7 Å². The smallest absolute Gasteiger partial charge is 0.260 e. The maximum absolute atomic E-state index is 13.9. The minimum absolute atomic E-state index is 0.0414. The summed E-state index contributed by atoms with van der Waals surface area (Å²) in [6.45, 7) is 1.89. The van der Waals surface area contributed by atoms with Crippen molar-refractivity contribution in [3.63, 3.8) is 0 Å². The van der Waals surface area contributed by atoms with Crippen molar-refractivity contribution >= 4 is 23.2 Å². The number of halogens is 2. The lowest BCUT2D eigenvalue weighted by atomic mass is 10.2. The summed E-state index contributed by atoms with van der Waals surface area (Å²) in [7, 11) is 0.